The molecule has 1 amide bonds. The molecule has 6 heteroatoms. The maximum atomic E-state index is 12.4. The van der Waals surface area contributed by atoms with Crippen LogP contribution in [0.4, 0.5) is 0 Å². The van der Waals surface area contributed by atoms with Crippen LogP contribution in [0, 0.1) is 0 Å². The van der Waals surface area contributed by atoms with Crippen LogP contribution >= 0.6 is 0 Å². The maximum Gasteiger partial charge on any atom is 0.326 e. The molecular formula is C18H25N3O3. The molecule has 130 valence electrons. The van der Waals surface area contributed by atoms with Crippen molar-refractivity contribution in [3.05, 3.63) is 35.9 Å². The first-order valence-corrected chi connectivity index (χ1v) is 8.64. The molecule has 24 heavy (non-hydrogen) atoms. The number of aliphatic carboxylic acids is 1. The summed E-state index contributed by atoms with van der Waals surface area (Å²) in [6.07, 6.45) is 1.36. The second-order valence-electron chi connectivity index (χ2n) is 6.62. The van der Waals surface area contributed by atoms with Crippen molar-refractivity contribution in [3.63, 3.8) is 0 Å². The van der Waals surface area contributed by atoms with Crippen molar-refractivity contribution < 1.29 is 14.7 Å². The minimum atomic E-state index is -0.881. The van der Waals surface area contributed by atoms with E-state index in [1.165, 1.54) is 5.56 Å². The summed E-state index contributed by atoms with van der Waals surface area (Å²) < 4.78 is 0. The Hall–Kier alpha value is -1.92. The molecule has 1 aromatic carbocycles. The molecule has 1 N–H and O–H groups in total. The van der Waals surface area contributed by atoms with Crippen LogP contribution in [0.1, 0.15) is 18.4 Å². The van der Waals surface area contributed by atoms with Crippen molar-refractivity contribution in [2.75, 3.05) is 39.3 Å². The SMILES string of the molecule is O=C(O)C1CCCN1C(=O)CN1CCN(Cc2ccccc2)CC1. The molecule has 6 nitrogen and oxygen atoms in total. The normalized spacial score (nSPS) is 22.7. The smallest absolute Gasteiger partial charge is 0.326 e. The van der Waals surface area contributed by atoms with Gasteiger partial charge in [-0.1, -0.05) is 30.3 Å². The summed E-state index contributed by atoms with van der Waals surface area (Å²) in [7, 11) is 0. The van der Waals surface area contributed by atoms with Crippen LogP contribution in [-0.2, 0) is 16.1 Å². The molecule has 2 aliphatic rings. The average molecular weight is 331 g/mol. The van der Waals surface area contributed by atoms with Gasteiger partial charge in [0.1, 0.15) is 6.04 Å². The van der Waals surface area contributed by atoms with E-state index in [0.29, 0.717) is 19.5 Å². The lowest BCUT2D eigenvalue weighted by molar-refractivity contribution is -0.148. The first-order chi connectivity index (χ1) is 11.6. The molecule has 0 radical (unpaired) electrons. The van der Waals surface area contributed by atoms with Gasteiger partial charge in [-0.05, 0) is 18.4 Å². The molecule has 2 saturated heterocycles. The highest BCUT2D eigenvalue weighted by atomic mass is 16.4. The van der Waals surface area contributed by atoms with Crippen LogP contribution in [0.5, 0.6) is 0 Å². The summed E-state index contributed by atoms with van der Waals surface area (Å²) in [5.41, 5.74) is 1.31. The van der Waals surface area contributed by atoms with Crippen LogP contribution in [0.3, 0.4) is 0 Å². The van der Waals surface area contributed by atoms with E-state index in [-0.39, 0.29) is 5.91 Å². The van der Waals surface area contributed by atoms with Crippen LogP contribution in [0.2, 0.25) is 0 Å². The summed E-state index contributed by atoms with van der Waals surface area (Å²) in [4.78, 5) is 29.7. The number of carbonyl (C=O) groups is 2. The van der Waals surface area contributed by atoms with Crippen molar-refractivity contribution in [2.24, 2.45) is 0 Å². The molecule has 3 rings (SSSR count). The van der Waals surface area contributed by atoms with Gasteiger partial charge in [0.25, 0.3) is 0 Å². The summed E-state index contributed by atoms with van der Waals surface area (Å²) >= 11 is 0. The van der Waals surface area contributed by atoms with Crippen LogP contribution in [0.25, 0.3) is 0 Å². The number of hydrogen-bond acceptors (Lipinski definition) is 4. The number of carboxylic acid groups (broad SMARTS) is 1. The van der Waals surface area contributed by atoms with Crippen molar-refractivity contribution in [3.8, 4) is 0 Å². The summed E-state index contributed by atoms with van der Waals surface area (Å²) in [6, 6.07) is 9.77. The third-order valence-corrected chi connectivity index (χ3v) is 4.93. The lowest BCUT2D eigenvalue weighted by Gasteiger charge is -2.35. The number of rotatable bonds is 5. The third kappa shape index (κ3) is 4.13. The fourth-order valence-corrected chi connectivity index (χ4v) is 3.55. The standard InChI is InChI=1S/C18H25N3O3/c22-17(21-8-4-7-16(21)18(23)24)14-20-11-9-19(10-12-20)13-15-5-2-1-3-6-15/h1-3,5-6,16H,4,7-14H2,(H,23,24). The third-order valence-electron chi connectivity index (χ3n) is 4.93. The fraction of sp³-hybridized carbons (Fsp3) is 0.556. The van der Waals surface area contributed by atoms with Gasteiger partial charge < -0.3 is 10.0 Å². The van der Waals surface area contributed by atoms with Crippen molar-refractivity contribution in [2.45, 2.75) is 25.4 Å². The fourth-order valence-electron chi connectivity index (χ4n) is 3.55. The Bertz CT molecular complexity index is 570. The molecule has 0 aromatic heterocycles. The second-order valence-corrected chi connectivity index (χ2v) is 6.62. The highest BCUT2D eigenvalue weighted by Gasteiger charge is 2.34. The zero-order valence-corrected chi connectivity index (χ0v) is 13.9. The second kappa shape index (κ2) is 7.77. The Balaban J connectivity index is 1.45. The lowest BCUT2D eigenvalue weighted by Crippen LogP contribution is -2.51. The van der Waals surface area contributed by atoms with Gasteiger partial charge in [-0.3, -0.25) is 14.6 Å². The van der Waals surface area contributed by atoms with E-state index in [1.807, 2.05) is 6.07 Å². The van der Waals surface area contributed by atoms with Gasteiger partial charge in [0.05, 0.1) is 6.54 Å². The van der Waals surface area contributed by atoms with E-state index in [9.17, 15) is 14.7 Å². The number of carboxylic acids is 1. The number of likely N-dealkylation sites (tertiary alicyclic amines) is 1. The first kappa shape index (κ1) is 16.9. The van der Waals surface area contributed by atoms with Gasteiger partial charge in [0.15, 0.2) is 0 Å². The van der Waals surface area contributed by atoms with E-state index in [1.54, 1.807) is 4.90 Å². The summed E-state index contributed by atoms with van der Waals surface area (Å²) in [5, 5.41) is 9.20. The predicted molar refractivity (Wildman–Crippen MR) is 90.5 cm³/mol. The van der Waals surface area contributed by atoms with Crippen molar-refractivity contribution in [1.29, 1.82) is 0 Å². The van der Waals surface area contributed by atoms with Gasteiger partial charge in [-0.15, -0.1) is 0 Å². The Morgan fingerprint density at radius 2 is 1.67 bits per heavy atom. The number of carbonyl (C=O) groups excluding carboxylic acids is 1. The lowest BCUT2D eigenvalue weighted by atomic mass is 10.2. The van der Waals surface area contributed by atoms with E-state index in [2.05, 4.69) is 34.1 Å². The van der Waals surface area contributed by atoms with Gasteiger partial charge in [-0.2, -0.15) is 0 Å². The average Bonchev–Trinajstić information content (AvgIpc) is 3.08. The number of nitrogens with zero attached hydrogens (tertiary/aromatic N) is 3. The van der Waals surface area contributed by atoms with Gasteiger partial charge >= 0.3 is 5.97 Å². The zero-order chi connectivity index (χ0) is 16.9. The minimum absolute atomic E-state index is 0.0450. The molecule has 1 unspecified atom stereocenters. The van der Waals surface area contributed by atoms with E-state index in [4.69, 9.17) is 0 Å². The molecule has 0 saturated carbocycles. The monoisotopic (exact) mass is 331 g/mol. The molecule has 2 aliphatic heterocycles. The Morgan fingerprint density at radius 1 is 1.00 bits per heavy atom. The molecule has 1 atom stereocenters. The first-order valence-electron chi connectivity index (χ1n) is 8.64. The molecule has 0 bridgehead atoms. The Morgan fingerprint density at radius 3 is 2.33 bits per heavy atom. The van der Waals surface area contributed by atoms with Crippen LogP contribution < -0.4 is 0 Å². The Kier molecular flexibility index (Phi) is 5.48. The van der Waals surface area contributed by atoms with Crippen LogP contribution in [0.15, 0.2) is 30.3 Å². The molecule has 2 fully saturated rings. The highest BCUT2D eigenvalue weighted by molar-refractivity contribution is 5.85. The van der Waals surface area contributed by atoms with Crippen LogP contribution in [-0.4, -0.2) is 77.0 Å². The molecule has 2 heterocycles. The maximum absolute atomic E-state index is 12.4. The zero-order valence-electron chi connectivity index (χ0n) is 13.9. The minimum Gasteiger partial charge on any atom is -0.480 e. The number of amides is 1. The molecule has 0 aliphatic carbocycles. The topological polar surface area (TPSA) is 64.1 Å². The van der Waals surface area contributed by atoms with E-state index >= 15 is 0 Å². The van der Waals surface area contributed by atoms with Crippen molar-refractivity contribution >= 4 is 11.9 Å². The van der Waals surface area contributed by atoms with Gasteiger partial charge in [0.2, 0.25) is 5.91 Å². The van der Waals surface area contributed by atoms with Gasteiger partial charge in [-0.25, -0.2) is 4.79 Å². The predicted octanol–water partition coefficient (Wildman–Crippen LogP) is 0.880. The highest BCUT2D eigenvalue weighted by Crippen LogP contribution is 2.18. The molecular weight excluding hydrogens is 306 g/mol. The Labute approximate surface area is 142 Å². The van der Waals surface area contributed by atoms with E-state index < -0.39 is 12.0 Å². The molecule has 0 spiro atoms. The molecule has 1 aromatic rings. The largest absolute Gasteiger partial charge is 0.480 e. The van der Waals surface area contributed by atoms with E-state index in [0.717, 1.165) is 39.1 Å². The number of hydrogen-bond donors (Lipinski definition) is 1. The number of benzene rings is 1. The quantitative estimate of drug-likeness (QED) is 0.868. The number of piperazine rings is 1. The summed E-state index contributed by atoms with van der Waals surface area (Å²) in [5.74, 6) is -0.926. The van der Waals surface area contributed by atoms with Crippen molar-refractivity contribution in [1.82, 2.24) is 14.7 Å². The summed E-state index contributed by atoms with van der Waals surface area (Å²) in [6.45, 7) is 5.42. The van der Waals surface area contributed by atoms with Gasteiger partial charge in [0, 0.05) is 39.3 Å².